The van der Waals surface area contributed by atoms with Crippen molar-refractivity contribution in [1.29, 1.82) is 0 Å². The molecule has 3 rings (SSSR count). The van der Waals surface area contributed by atoms with Crippen molar-refractivity contribution in [2.75, 3.05) is 18.1 Å². The third kappa shape index (κ3) is 2.65. The van der Waals surface area contributed by atoms with Gasteiger partial charge in [0, 0.05) is 11.9 Å². The van der Waals surface area contributed by atoms with Gasteiger partial charge in [0.25, 0.3) is 0 Å². The molecule has 104 valence electrons. The van der Waals surface area contributed by atoms with Crippen LogP contribution in [0.25, 0.3) is 0 Å². The first-order chi connectivity index (χ1) is 9.79. The Kier molecular flexibility index (Phi) is 4.18. The molecular formula is C16H15BrClNO. The molecule has 0 aromatic heterocycles. The van der Waals surface area contributed by atoms with Crippen LogP contribution in [0.15, 0.2) is 42.5 Å². The summed E-state index contributed by atoms with van der Waals surface area (Å²) in [4.78, 5) is 2.24. The normalized spacial score (nSPS) is 14.4. The third-order valence-electron chi connectivity index (χ3n) is 3.40. The molecular weight excluding hydrogens is 338 g/mol. The molecule has 4 heteroatoms. The summed E-state index contributed by atoms with van der Waals surface area (Å²) in [5.41, 5.74) is 3.30. The summed E-state index contributed by atoms with van der Waals surface area (Å²) in [6.07, 6.45) is 0.977. The van der Waals surface area contributed by atoms with Gasteiger partial charge in [-0.05, 0) is 36.2 Å². The number of hydrogen-bond acceptors (Lipinski definition) is 2. The fraction of sp³-hybridized carbons (Fsp3) is 0.250. The van der Waals surface area contributed by atoms with Crippen molar-refractivity contribution >= 4 is 38.9 Å². The van der Waals surface area contributed by atoms with E-state index < -0.39 is 0 Å². The van der Waals surface area contributed by atoms with E-state index in [4.69, 9.17) is 16.3 Å². The molecule has 0 saturated carbocycles. The summed E-state index contributed by atoms with van der Waals surface area (Å²) in [7, 11) is 0. The number of anilines is 2. The van der Waals surface area contributed by atoms with Crippen molar-refractivity contribution in [2.45, 2.75) is 11.8 Å². The smallest absolute Gasteiger partial charge is 0.142 e. The Hall–Kier alpha value is -1.19. The molecule has 1 aliphatic rings. The van der Waals surface area contributed by atoms with Gasteiger partial charge in [0.1, 0.15) is 5.75 Å². The first-order valence-electron chi connectivity index (χ1n) is 6.63. The maximum atomic E-state index is 6.46. The van der Waals surface area contributed by atoms with Crippen LogP contribution in [0.2, 0.25) is 5.02 Å². The Bertz CT molecular complexity index is 617. The zero-order valence-electron chi connectivity index (χ0n) is 11.0. The van der Waals surface area contributed by atoms with Gasteiger partial charge in [-0.3, -0.25) is 0 Å². The van der Waals surface area contributed by atoms with E-state index in [1.54, 1.807) is 0 Å². The Morgan fingerprint density at radius 3 is 2.80 bits per heavy atom. The zero-order chi connectivity index (χ0) is 13.9. The molecule has 0 fully saturated rings. The predicted molar refractivity (Wildman–Crippen MR) is 87.6 cm³/mol. The average Bonchev–Trinajstić information content (AvgIpc) is 2.69. The van der Waals surface area contributed by atoms with E-state index in [1.807, 2.05) is 24.3 Å². The number of halogens is 2. The Balaban J connectivity index is 2.05. The van der Waals surface area contributed by atoms with Gasteiger partial charge in [-0.15, -0.1) is 0 Å². The molecule has 2 nitrogen and oxygen atoms in total. The number of hydrogen-bond donors (Lipinski definition) is 0. The lowest BCUT2D eigenvalue weighted by Crippen LogP contribution is -2.18. The van der Waals surface area contributed by atoms with Gasteiger partial charge in [0.2, 0.25) is 0 Å². The Labute approximate surface area is 132 Å². The van der Waals surface area contributed by atoms with E-state index >= 15 is 0 Å². The zero-order valence-corrected chi connectivity index (χ0v) is 13.3. The largest absolute Gasteiger partial charge is 0.491 e. The SMILES string of the molecule is Clc1cc(CBr)ccc1N1CCCOc2ccccc21. The highest BCUT2D eigenvalue weighted by Crippen LogP contribution is 2.39. The molecule has 0 aliphatic carbocycles. The van der Waals surface area contributed by atoms with Gasteiger partial charge in [0.05, 0.1) is 23.0 Å². The van der Waals surface area contributed by atoms with Gasteiger partial charge in [0.15, 0.2) is 0 Å². The average molecular weight is 353 g/mol. The van der Waals surface area contributed by atoms with Gasteiger partial charge in [-0.2, -0.15) is 0 Å². The first-order valence-corrected chi connectivity index (χ1v) is 8.13. The van der Waals surface area contributed by atoms with E-state index in [0.29, 0.717) is 0 Å². The van der Waals surface area contributed by atoms with Crippen LogP contribution in [0.4, 0.5) is 11.4 Å². The second-order valence-electron chi connectivity index (χ2n) is 4.74. The number of fused-ring (bicyclic) bond motifs is 1. The van der Waals surface area contributed by atoms with Crippen molar-refractivity contribution < 1.29 is 4.74 Å². The van der Waals surface area contributed by atoms with Crippen molar-refractivity contribution in [2.24, 2.45) is 0 Å². The van der Waals surface area contributed by atoms with E-state index in [0.717, 1.165) is 47.0 Å². The molecule has 1 heterocycles. The number of rotatable bonds is 2. The van der Waals surface area contributed by atoms with Crippen LogP contribution in [0.5, 0.6) is 5.75 Å². The van der Waals surface area contributed by atoms with Gasteiger partial charge >= 0.3 is 0 Å². The van der Waals surface area contributed by atoms with Crippen molar-refractivity contribution in [3.63, 3.8) is 0 Å². The van der Waals surface area contributed by atoms with Crippen LogP contribution < -0.4 is 9.64 Å². The van der Waals surface area contributed by atoms with Crippen LogP contribution >= 0.6 is 27.5 Å². The van der Waals surface area contributed by atoms with Crippen LogP contribution in [-0.4, -0.2) is 13.2 Å². The fourth-order valence-electron chi connectivity index (χ4n) is 2.43. The molecule has 0 unspecified atom stereocenters. The number of nitrogens with zero attached hydrogens (tertiary/aromatic N) is 1. The number of ether oxygens (including phenoxy) is 1. The maximum absolute atomic E-state index is 6.46. The lowest BCUT2D eigenvalue weighted by atomic mass is 10.2. The van der Waals surface area contributed by atoms with Crippen LogP contribution in [0.1, 0.15) is 12.0 Å². The summed E-state index contributed by atoms with van der Waals surface area (Å²) < 4.78 is 5.79. The molecule has 0 atom stereocenters. The van der Waals surface area contributed by atoms with E-state index in [-0.39, 0.29) is 0 Å². The fourth-order valence-corrected chi connectivity index (χ4v) is 3.08. The monoisotopic (exact) mass is 351 g/mol. The topological polar surface area (TPSA) is 12.5 Å². The van der Waals surface area contributed by atoms with Crippen molar-refractivity contribution in [3.05, 3.63) is 53.1 Å². The van der Waals surface area contributed by atoms with Crippen LogP contribution in [0.3, 0.4) is 0 Å². The maximum Gasteiger partial charge on any atom is 0.142 e. The number of para-hydroxylation sites is 2. The van der Waals surface area contributed by atoms with E-state index in [9.17, 15) is 0 Å². The Morgan fingerprint density at radius 1 is 1.15 bits per heavy atom. The molecule has 0 saturated heterocycles. The molecule has 2 aromatic carbocycles. The molecule has 0 amide bonds. The summed E-state index contributed by atoms with van der Waals surface area (Å²) in [6, 6.07) is 14.3. The van der Waals surface area contributed by atoms with Gasteiger partial charge in [-0.25, -0.2) is 0 Å². The van der Waals surface area contributed by atoms with Crippen LogP contribution in [-0.2, 0) is 5.33 Å². The van der Waals surface area contributed by atoms with Crippen molar-refractivity contribution in [1.82, 2.24) is 0 Å². The van der Waals surface area contributed by atoms with Gasteiger partial charge < -0.3 is 9.64 Å². The molecule has 0 N–H and O–H groups in total. The Morgan fingerprint density at radius 2 is 2.00 bits per heavy atom. The molecule has 0 spiro atoms. The summed E-state index contributed by atoms with van der Waals surface area (Å²) in [5, 5.41) is 1.59. The first kappa shape index (κ1) is 13.8. The standard InChI is InChI=1S/C16H15BrClNO/c17-11-12-6-7-14(13(18)10-12)19-8-3-9-20-16-5-2-1-4-15(16)19/h1-2,4-7,10H,3,8-9,11H2. The molecule has 0 bridgehead atoms. The highest BCUT2D eigenvalue weighted by atomic mass is 79.9. The van der Waals surface area contributed by atoms with E-state index in [2.05, 4.69) is 39.0 Å². The molecule has 0 radical (unpaired) electrons. The summed E-state index contributed by atoms with van der Waals surface area (Å²) in [5.74, 6) is 0.922. The summed E-state index contributed by atoms with van der Waals surface area (Å²) >= 11 is 9.92. The third-order valence-corrected chi connectivity index (χ3v) is 4.35. The van der Waals surface area contributed by atoms with E-state index in [1.165, 1.54) is 5.56 Å². The lowest BCUT2D eigenvalue weighted by molar-refractivity contribution is 0.322. The molecule has 20 heavy (non-hydrogen) atoms. The second kappa shape index (κ2) is 6.06. The summed E-state index contributed by atoms with van der Waals surface area (Å²) in [6.45, 7) is 1.65. The lowest BCUT2D eigenvalue weighted by Gasteiger charge is -2.25. The molecule has 2 aromatic rings. The quantitative estimate of drug-likeness (QED) is 0.693. The highest BCUT2D eigenvalue weighted by molar-refractivity contribution is 9.08. The highest BCUT2D eigenvalue weighted by Gasteiger charge is 2.19. The minimum atomic E-state index is 0.741. The second-order valence-corrected chi connectivity index (χ2v) is 5.71. The number of benzene rings is 2. The number of alkyl halides is 1. The molecule has 1 aliphatic heterocycles. The predicted octanol–water partition coefficient (Wildman–Crippen LogP) is 5.16. The van der Waals surface area contributed by atoms with Crippen LogP contribution in [0, 0.1) is 0 Å². The minimum Gasteiger partial charge on any atom is -0.491 e. The van der Waals surface area contributed by atoms with Crippen molar-refractivity contribution in [3.8, 4) is 5.75 Å². The minimum absolute atomic E-state index is 0.741. The van der Waals surface area contributed by atoms with Gasteiger partial charge in [-0.1, -0.05) is 45.7 Å².